The molecular weight excluding hydrogens is 394 g/mol. The van der Waals surface area contributed by atoms with Gasteiger partial charge in [-0.05, 0) is 24.5 Å². The van der Waals surface area contributed by atoms with E-state index in [0.29, 0.717) is 28.1 Å². The number of hydrogen-bond acceptors (Lipinski definition) is 7. The van der Waals surface area contributed by atoms with Crippen LogP contribution in [0, 0.1) is 0 Å². The third-order valence-electron chi connectivity index (χ3n) is 4.62. The molecule has 0 aliphatic rings. The zero-order chi connectivity index (χ0) is 20.1. The van der Waals surface area contributed by atoms with E-state index in [9.17, 15) is 4.79 Å². The first-order valence-corrected chi connectivity index (χ1v) is 10.9. The molecule has 0 atom stereocenters. The number of ether oxygens (including phenoxy) is 2. The number of methoxy groups -OCH3 is 2. The van der Waals surface area contributed by atoms with Crippen LogP contribution in [0.2, 0.25) is 0 Å². The summed E-state index contributed by atoms with van der Waals surface area (Å²) in [5, 5.41) is 2.61. The van der Waals surface area contributed by atoms with E-state index in [1.54, 1.807) is 19.1 Å². The Kier molecular flexibility index (Phi) is 6.88. The Morgan fingerprint density at radius 2 is 1.82 bits per heavy atom. The van der Waals surface area contributed by atoms with E-state index in [1.807, 2.05) is 29.6 Å². The molecule has 0 fully saturated rings. The highest BCUT2D eigenvalue weighted by Crippen LogP contribution is 2.37. The van der Waals surface area contributed by atoms with Crippen molar-refractivity contribution in [1.82, 2.24) is 9.88 Å². The summed E-state index contributed by atoms with van der Waals surface area (Å²) in [4.78, 5) is 22.7. The molecule has 150 valence electrons. The summed E-state index contributed by atoms with van der Waals surface area (Å²) >= 11 is 2.94. The van der Waals surface area contributed by atoms with E-state index in [-0.39, 0.29) is 5.91 Å². The van der Waals surface area contributed by atoms with Crippen LogP contribution < -0.4 is 14.4 Å². The van der Waals surface area contributed by atoms with E-state index in [1.165, 1.54) is 22.7 Å². The number of carbonyl (C=O) groups excluding carboxylic acids is 1. The Hall–Kier alpha value is -2.16. The number of nitrogens with zero attached hydrogens (tertiary/aromatic N) is 3. The van der Waals surface area contributed by atoms with Crippen molar-refractivity contribution >= 4 is 43.9 Å². The van der Waals surface area contributed by atoms with Crippen molar-refractivity contribution in [3.8, 4) is 11.5 Å². The molecule has 0 aliphatic carbocycles. The van der Waals surface area contributed by atoms with Gasteiger partial charge in [0.15, 0.2) is 16.6 Å². The molecule has 0 N–H and O–H groups in total. The van der Waals surface area contributed by atoms with Gasteiger partial charge in [0, 0.05) is 25.2 Å². The predicted octanol–water partition coefficient (Wildman–Crippen LogP) is 4.36. The lowest BCUT2D eigenvalue weighted by molar-refractivity contribution is 0.0987. The quantitative estimate of drug-likeness (QED) is 0.516. The van der Waals surface area contributed by atoms with Gasteiger partial charge in [-0.2, -0.15) is 0 Å². The van der Waals surface area contributed by atoms with E-state index < -0.39 is 0 Å². The van der Waals surface area contributed by atoms with Gasteiger partial charge in [0.05, 0.1) is 29.3 Å². The third kappa shape index (κ3) is 4.29. The number of hydrogen-bond donors (Lipinski definition) is 0. The molecule has 8 heteroatoms. The number of likely N-dealkylation sites (N-methyl/N-ethyl adjacent to an activating group) is 1. The Labute approximate surface area is 173 Å². The lowest BCUT2D eigenvalue weighted by atomic mass is 10.3. The standard InChI is InChI=1S/C20H25N3O3S2/c1-5-22(6-2)9-10-23(19(24)17-8-7-11-27-17)20-21-14-12-15(25-3)16(26-4)13-18(14)28-20/h7-8,11-13H,5-6,9-10H2,1-4H3. The molecule has 2 aromatic heterocycles. The molecule has 2 heterocycles. The molecule has 0 saturated carbocycles. The summed E-state index contributed by atoms with van der Waals surface area (Å²) in [6.07, 6.45) is 0. The van der Waals surface area contributed by atoms with Crippen LogP contribution in [0.15, 0.2) is 29.6 Å². The topological polar surface area (TPSA) is 54.9 Å². The van der Waals surface area contributed by atoms with Crippen LogP contribution >= 0.6 is 22.7 Å². The van der Waals surface area contributed by atoms with Gasteiger partial charge < -0.3 is 14.4 Å². The smallest absolute Gasteiger partial charge is 0.270 e. The summed E-state index contributed by atoms with van der Waals surface area (Å²) in [6, 6.07) is 7.52. The lowest BCUT2D eigenvalue weighted by Gasteiger charge is -2.24. The highest BCUT2D eigenvalue weighted by molar-refractivity contribution is 7.22. The normalized spacial score (nSPS) is 11.2. The molecule has 1 amide bonds. The molecule has 0 radical (unpaired) electrons. The second kappa shape index (κ2) is 9.36. The maximum absolute atomic E-state index is 13.2. The molecule has 1 aromatic carbocycles. The van der Waals surface area contributed by atoms with Crippen molar-refractivity contribution in [2.75, 3.05) is 45.3 Å². The van der Waals surface area contributed by atoms with Gasteiger partial charge in [0.1, 0.15) is 0 Å². The van der Waals surface area contributed by atoms with Gasteiger partial charge in [0.25, 0.3) is 5.91 Å². The minimum absolute atomic E-state index is 0.0138. The fourth-order valence-electron chi connectivity index (χ4n) is 2.96. The molecule has 3 rings (SSSR count). The summed E-state index contributed by atoms with van der Waals surface area (Å²) in [5.41, 5.74) is 0.796. The third-order valence-corrected chi connectivity index (χ3v) is 6.52. The lowest BCUT2D eigenvalue weighted by Crippen LogP contribution is -2.38. The van der Waals surface area contributed by atoms with Crippen LogP contribution in [0.3, 0.4) is 0 Å². The van der Waals surface area contributed by atoms with Gasteiger partial charge in [-0.1, -0.05) is 31.3 Å². The number of benzene rings is 1. The Bertz CT molecular complexity index is 879. The SMILES string of the molecule is CCN(CC)CCN(C(=O)c1cccs1)c1nc2cc(OC)c(OC)cc2s1. The first-order chi connectivity index (χ1) is 13.6. The molecule has 0 saturated heterocycles. The average molecular weight is 420 g/mol. The predicted molar refractivity (Wildman–Crippen MR) is 117 cm³/mol. The van der Waals surface area contributed by atoms with Gasteiger partial charge in [-0.25, -0.2) is 4.98 Å². The summed E-state index contributed by atoms with van der Waals surface area (Å²) in [5.74, 6) is 1.27. The summed E-state index contributed by atoms with van der Waals surface area (Å²) < 4.78 is 11.7. The number of fused-ring (bicyclic) bond motifs is 1. The van der Waals surface area contributed by atoms with Crippen LogP contribution in [0.5, 0.6) is 11.5 Å². The zero-order valence-electron chi connectivity index (χ0n) is 16.6. The Morgan fingerprint density at radius 1 is 1.11 bits per heavy atom. The number of amides is 1. The van der Waals surface area contributed by atoms with E-state index in [2.05, 4.69) is 18.7 Å². The van der Waals surface area contributed by atoms with Crippen molar-refractivity contribution < 1.29 is 14.3 Å². The van der Waals surface area contributed by atoms with Crippen LogP contribution in [0.25, 0.3) is 10.2 Å². The minimum Gasteiger partial charge on any atom is -0.493 e. The number of anilines is 1. The fraction of sp³-hybridized carbons (Fsp3) is 0.400. The maximum Gasteiger partial charge on any atom is 0.270 e. The number of rotatable bonds is 9. The van der Waals surface area contributed by atoms with Gasteiger partial charge in [-0.3, -0.25) is 9.69 Å². The van der Waals surface area contributed by atoms with E-state index >= 15 is 0 Å². The molecule has 3 aromatic rings. The Balaban J connectivity index is 1.97. The first-order valence-electron chi connectivity index (χ1n) is 9.21. The van der Waals surface area contributed by atoms with Gasteiger partial charge >= 0.3 is 0 Å². The van der Waals surface area contributed by atoms with E-state index in [4.69, 9.17) is 14.5 Å². The average Bonchev–Trinajstić information content (AvgIpc) is 3.39. The van der Waals surface area contributed by atoms with Crippen LogP contribution in [-0.4, -0.2) is 56.2 Å². The van der Waals surface area contributed by atoms with Crippen molar-refractivity contribution in [3.05, 3.63) is 34.5 Å². The second-order valence-electron chi connectivity index (χ2n) is 6.13. The van der Waals surface area contributed by atoms with Crippen LogP contribution in [-0.2, 0) is 0 Å². The van der Waals surface area contributed by atoms with E-state index in [0.717, 1.165) is 29.9 Å². The number of thiophene rings is 1. The molecular formula is C20H25N3O3S2. The minimum atomic E-state index is -0.0138. The fourth-order valence-corrected chi connectivity index (χ4v) is 4.63. The van der Waals surface area contributed by atoms with Gasteiger partial charge in [-0.15, -0.1) is 11.3 Å². The molecule has 0 bridgehead atoms. The Morgan fingerprint density at radius 3 is 2.43 bits per heavy atom. The van der Waals surface area contributed by atoms with Crippen molar-refractivity contribution in [3.63, 3.8) is 0 Å². The maximum atomic E-state index is 13.2. The summed E-state index contributed by atoms with van der Waals surface area (Å²) in [6.45, 7) is 7.55. The number of aromatic nitrogens is 1. The zero-order valence-corrected chi connectivity index (χ0v) is 18.2. The number of thiazole rings is 1. The molecule has 0 aliphatic heterocycles. The van der Waals surface area contributed by atoms with Crippen LogP contribution in [0.1, 0.15) is 23.5 Å². The highest BCUT2D eigenvalue weighted by atomic mass is 32.1. The van der Waals surface area contributed by atoms with Crippen molar-refractivity contribution in [2.24, 2.45) is 0 Å². The molecule has 0 spiro atoms. The van der Waals surface area contributed by atoms with Crippen molar-refractivity contribution in [2.45, 2.75) is 13.8 Å². The molecule has 28 heavy (non-hydrogen) atoms. The van der Waals surface area contributed by atoms with Gasteiger partial charge in [0.2, 0.25) is 0 Å². The molecule has 6 nitrogen and oxygen atoms in total. The van der Waals surface area contributed by atoms with Crippen LogP contribution in [0.4, 0.5) is 5.13 Å². The number of carbonyl (C=O) groups is 1. The monoisotopic (exact) mass is 419 g/mol. The highest BCUT2D eigenvalue weighted by Gasteiger charge is 2.23. The van der Waals surface area contributed by atoms with Crippen molar-refractivity contribution in [1.29, 1.82) is 0 Å². The second-order valence-corrected chi connectivity index (χ2v) is 8.09. The summed E-state index contributed by atoms with van der Waals surface area (Å²) in [7, 11) is 3.22. The molecule has 0 unspecified atom stereocenters. The largest absolute Gasteiger partial charge is 0.493 e. The first kappa shape index (κ1) is 20.6.